The van der Waals surface area contributed by atoms with E-state index in [0.717, 1.165) is 11.0 Å². The van der Waals surface area contributed by atoms with Gasteiger partial charge in [0.1, 0.15) is 0 Å². The van der Waals surface area contributed by atoms with Gasteiger partial charge in [0.2, 0.25) is 0 Å². The third-order valence-electron chi connectivity index (χ3n) is 3.27. The zero-order valence-corrected chi connectivity index (χ0v) is 11.9. The molecule has 6 nitrogen and oxygen atoms in total. The number of benzene rings is 1. The van der Waals surface area contributed by atoms with Crippen molar-refractivity contribution in [3.8, 4) is 0 Å². The second kappa shape index (κ2) is 5.03. The van der Waals surface area contributed by atoms with Crippen LogP contribution < -0.4 is 5.69 Å². The van der Waals surface area contributed by atoms with Crippen LogP contribution in [0, 0.1) is 0 Å². The summed E-state index contributed by atoms with van der Waals surface area (Å²) in [6.07, 6.45) is -0.981. The summed E-state index contributed by atoms with van der Waals surface area (Å²) in [7, 11) is 0. The van der Waals surface area contributed by atoms with Gasteiger partial charge >= 0.3 is 11.8 Å². The van der Waals surface area contributed by atoms with Gasteiger partial charge in [-0.25, -0.2) is 9.59 Å². The fourth-order valence-electron chi connectivity index (χ4n) is 2.25. The predicted octanol–water partition coefficient (Wildman–Crippen LogP) is 2.11. The summed E-state index contributed by atoms with van der Waals surface area (Å²) in [4.78, 5) is 27.3. The summed E-state index contributed by atoms with van der Waals surface area (Å²) in [5.41, 5.74) is 0.832. The lowest BCUT2D eigenvalue weighted by Gasteiger charge is -2.33. The number of aromatic amines is 1. The van der Waals surface area contributed by atoms with E-state index in [9.17, 15) is 14.7 Å². The Morgan fingerprint density at radius 3 is 2.60 bits per heavy atom. The van der Waals surface area contributed by atoms with Crippen LogP contribution in [0.15, 0.2) is 29.1 Å². The summed E-state index contributed by atoms with van der Waals surface area (Å²) in [5.74, 6) is 0. The highest BCUT2D eigenvalue weighted by Crippen LogP contribution is 2.14. The molecule has 1 amide bonds. The van der Waals surface area contributed by atoms with Crippen molar-refractivity contribution in [2.24, 2.45) is 0 Å². The van der Waals surface area contributed by atoms with E-state index in [1.807, 2.05) is 45.0 Å². The summed E-state index contributed by atoms with van der Waals surface area (Å²) in [5, 5.41) is 9.25. The third kappa shape index (κ3) is 2.68. The van der Waals surface area contributed by atoms with E-state index in [1.165, 1.54) is 4.90 Å². The van der Waals surface area contributed by atoms with Crippen molar-refractivity contribution >= 4 is 17.1 Å². The minimum atomic E-state index is -0.981. The molecule has 0 saturated carbocycles. The van der Waals surface area contributed by atoms with Gasteiger partial charge in [-0.15, -0.1) is 0 Å². The summed E-state index contributed by atoms with van der Waals surface area (Å²) < 4.78 is 1.57. The molecule has 108 valence electrons. The summed E-state index contributed by atoms with van der Waals surface area (Å²) in [6, 6.07) is 7.37. The van der Waals surface area contributed by atoms with Gasteiger partial charge < -0.3 is 15.0 Å². The Bertz CT molecular complexity index is 679. The molecule has 0 aliphatic carbocycles. The van der Waals surface area contributed by atoms with Crippen LogP contribution in [0.2, 0.25) is 0 Å². The normalized spacial score (nSPS) is 11.8. The van der Waals surface area contributed by atoms with Crippen molar-refractivity contribution in [2.75, 3.05) is 6.54 Å². The van der Waals surface area contributed by atoms with Gasteiger partial charge in [-0.2, -0.15) is 0 Å². The second-order valence-corrected chi connectivity index (χ2v) is 5.70. The quantitative estimate of drug-likeness (QED) is 0.901. The van der Waals surface area contributed by atoms with Gasteiger partial charge in [-0.3, -0.25) is 4.57 Å². The number of rotatable bonds is 3. The van der Waals surface area contributed by atoms with Gasteiger partial charge in [-0.1, -0.05) is 12.1 Å². The number of H-pyrrole nitrogens is 1. The standard InChI is InChI=1S/C14H19N3O3/c1-14(2,3)17(13(19)20)9-8-16-11-7-5-4-6-10(11)15-12(16)18/h4-7H,8-9H2,1-3H3,(H,15,18)(H,19,20). The summed E-state index contributed by atoms with van der Waals surface area (Å²) >= 11 is 0. The van der Waals surface area contributed by atoms with Gasteiger partial charge in [0, 0.05) is 18.6 Å². The molecule has 0 spiro atoms. The Morgan fingerprint density at radius 2 is 2.00 bits per heavy atom. The molecule has 0 unspecified atom stereocenters. The predicted molar refractivity (Wildman–Crippen MR) is 77.0 cm³/mol. The monoisotopic (exact) mass is 277 g/mol. The van der Waals surface area contributed by atoms with E-state index < -0.39 is 11.6 Å². The van der Waals surface area contributed by atoms with Crippen molar-refractivity contribution in [1.29, 1.82) is 0 Å². The Balaban J connectivity index is 2.27. The van der Waals surface area contributed by atoms with Gasteiger partial charge in [-0.05, 0) is 32.9 Å². The van der Waals surface area contributed by atoms with Crippen LogP contribution in [0.3, 0.4) is 0 Å². The molecule has 1 aromatic carbocycles. The molecule has 0 saturated heterocycles. The van der Waals surface area contributed by atoms with Crippen molar-refractivity contribution in [3.05, 3.63) is 34.7 Å². The maximum atomic E-state index is 11.9. The Labute approximate surface area is 116 Å². The van der Waals surface area contributed by atoms with Crippen LogP contribution >= 0.6 is 0 Å². The van der Waals surface area contributed by atoms with Crippen molar-refractivity contribution in [2.45, 2.75) is 32.9 Å². The first-order valence-electron chi connectivity index (χ1n) is 6.49. The van der Waals surface area contributed by atoms with Crippen LogP contribution in [0.25, 0.3) is 11.0 Å². The molecule has 2 rings (SSSR count). The highest BCUT2D eigenvalue weighted by Gasteiger charge is 2.25. The number of aromatic nitrogens is 2. The van der Waals surface area contributed by atoms with Gasteiger partial charge in [0.25, 0.3) is 0 Å². The lowest BCUT2D eigenvalue weighted by atomic mass is 10.1. The highest BCUT2D eigenvalue weighted by molar-refractivity contribution is 5.74. The lowest BCUT2D eigenvalue weighted by Crippen LogP contribution is -2.46. The van der Waals surface area contributed by atoms with Crippen molar-refractivity contribution in [1.82, 2.24) is 14.5 Å². The average Bonchev–Trinajstić information content (AvgIpc) is 2.64. The third-order valence-corrected chi connectivity index (χ3v) is 3.27. The topological polar surface area (TPSA) is 78.3 Å². The van der Waals surface area contributed by atoms with E-state index in [1.54, 1.807) is 4.57 Å². The Kier molecular flexibility index (Phi) is 3.57. The molecule has 0 aliphatic rings. The summed E-state index contributed by atoms with van der Waals surface area (Å²) in [6.45, 7) is 6.09. The zero-order valence-electron chi connectivity index (χ0n) is 11.9. The maximum absolute atomic E-state index is 11.9. The number of hydrogen-bond donors (Lipinski definition) is 2. The number of para-hydroxylation sites is 2. The van der Waals surface area contributed by atoms with Gasteiger partial charge in [0.05, 0.1) is 11.0 Å². The van der Waals surface area contributed by atoms with Crippen LogP contribution in [0.1, 0.15) is 20.8 Å². The van der Waals surface area contributed by atoms with E-state index in [-0.39, 0.29) is 12.2 Å². The van der Waals surface area contributed by atoms with Crippen LogP contribution in [0.5, 0.6) is 0 Å². The zero-order chi connectivity index (χ0) is 14.9. The molecular weight excluding hydrogens is 258 g/mol. The minimum Gasteiger partial charge on any atom is -0.465 e. The fraction of sp³-hybridized carbons (Fsp3) is 0.429. The molecule has 1 heterocycles. The van der Waals surface area contributed by atoms with E-state index in [0.29, 0.717) is 6.54 Å². The largest absolute Gasteiger partial charge is 0.465 e. The smallest absolute Gasteiger partial charge is 0.407 e. The van der Waals surface area contributed by atoms with E-state index >= 15 is 0 Å². The number of hydrogen-bond acceptors (Lipinski definition) is 2. The van der Waals surface area contributed by atoms with Gasteiger partial charge in [0.15, 0.2) is 0 Å². The first kappa shape index (κ1) is 14.2. The van der Waals surface area contributed by atoms with Crippen molar-refractivity contribution in [3.63, 3.8) is 0 Å². The van der Waals surface area contributed by atoms with E-state index in [4.69, 9.17) is 0 Å². The molecular formula is C14H19N3O3. The van der Waals surface area contributed by atoms with Crippen molar-refractivity contribution < 1.29 is 9.90 Å². The van der Waals surface area contributed by atoms with Crippen LogP contribution in [-0.2, 0) is 6.54 Å². The lowest BCUT2D eigenvalue weighted by molar-refractivity contribution is 0.0979. The van der Waals surface area contributed by atoms with Crippen LogP contribution in [-0.4, -0.2) is 37.7 Å². The van der Waals surface area contributed by atoms with Crippen LogP contribution in [0.4, 0.5) is 4.79 Å². The molecule has 0 radical (unpaired) electrons. The number of nitrogens with zero attached hydrogens (tertiary/aromatic N) is 2. The molecule has 0 aliphatic heterocycles. The number of amides is 1. The molecule has 2 aromatic rings. The maximum Gasteiger partial charge on any atom is 0.407 e. The minimum absolute atomic E-state index is 0.217. The molecule has 1 aromatic heterocycles. The number of nitrogens with one attached hydrogen (secondary N) is 1. The first-order chi connectivity index (χ1) is 9.30. The number of carboxylic acid groups (broad SMARTS) is 1. The SMILES string of the molecule is CC(C)(C)N(CCn1c(=O)[nH]c2ccccc21)C(=O)O. The fourth-order valence-corrected chi connectivity index (χ4v) is 2.25. The number of imidazole rings is 1. The molecule has 0 fully saturated rings. The highest BCUT2D eigenvalue weighted by atomic mass is 16.4. The van der Waals surface area contributed by atoms with E-state index in [2.05, 4.69) is 4.98 Å². The Morgan fingerprint density at radius 1 is 1.35 bits per heavy atom. The molecule has 0 bridgehead atoms. The number of carbonyl (C=O) groups is 1. The molecule has 2 N–H and O–H groups in total. The molecule has 20 heavy (non-hydrogen) atoms. The Hall–Kier alpha value is -2.24. The first-order valence-corrected chi connectivity index (χ1v) is 6.49. The average molecular weight is 277 g/mol. The number of fused-ring (bicyclic) bond motifs is 1. The molecule has 0 atom stereocenters. The molecule has 6 heteroatoms. The second-order valence-electron chi connectivity index (χ2n) is 5.70.